The maximum Gasteiger partial charge on any atom is 0.514 e. The molecule has 0 N–H and O–H groups in total. The van der Waals surface area contributed by atoms with Gasteiger partial charge in [-0.05, 0) is 34.6 Å². The first-order valence-corrected chi connectivity index (χ1v) is 5.73. The summed E-state index contributed by atoms with van der Waals surface area (Å²) in [5.41, 5.74) is 0.405. The second-order valence-electron chi connectivity index (χ2n) is 5.19. The fraction of sp³-hybridized carbons (Fsp3) is 0.727. The predicted molar refractivity (Wildman–Crippen MR) is 63.6 cm³/mol. The van der Waals surface area contributed by atoms with Crippen LogP contribution in [0.2, 0.25) is 0 Å². The first-order valence-electron chi connectivity index (χ1n) is 5.73. The van der Waals surface area contributed by atoms with Crippen LogP contribution in [0.5, 0.6) is 0 Å². The van der Waals surface area contributed by atoms with Crippen molar-refractivity contribution in [2.75, 3.05) is 0 Å². The largest absolute Gasteiger partial charge is 0.514 e. The monoisotopic (exact) mass is 222 g/mol. The smallest absolute Gasteiger partial charge is 0.398 e. The Balaban J connectivity index is 2.27. The van der Waals surface area contributed by atoms with Gasteiger partial charge >= 0.3 is 7.12 Å². The number of hydrogen-bond donors (Lipinski definition) is 0. The van der Waals surface area contributed by atoms with E-state index in [1.807, 2.05) is 10.8 Å². The van der Waals surface area contributed by atoms with E-state index in [1.165, 1.54) is 0 Å². The topological polar surface area (TPSA) is 36.3 Å². The molecule has 16 heavy (non-hydrogen) atoms. The van der Waals surface area contributed by atoms with Gasteiger partial charge in [-0.3, -0.25) is 0 Å². The average molecular weight is 222 g/mol. The summed E-state index contributed by atoms with van der Waals surface area (Å²) in [6.45, 7) is 11.2. The van der Waals surface area contributed by atoms with Crippen LogP contribution in [0.3, 0.4) is 0 Å². The second-order valence-corrected chi connectivity index (χ2v) is 5.19. The van der Waals surface area contributed by atoms with E-state index in [-0.39, 0.29) is 18.3 Å². The number of rotatable bonds is 2. The van der Waals surface area contributed by atoms with Crippen molar-refractivity contribution in [2.24, 2.45) is 0 Å². The molecule has 0 unspecified atom stereocenters. The third kappa shape index (κ3) is 1.68. The molecule has 0 aromatic carbocycles. The van der Waals surface area contributed by atoms with Crippen LogP contribution in [0.1, 0.15) is 34.6 Å². The summed E-state index contributed by atoms with van der Waals surface area (Å²) in [4.78, 5) is 4.14. The molecule has 1 saturated heterocycles. The lowest BCUT2D eigenvalue weighted by atomic mass is 9.85. The highest BCUT2D eigenvalue weighted by molar-refractivity contribution is 6.61. The van der Waals surface area contributed by atoms with Gasteiger partial charge in [0.25, 0.3) is 0 Å². The molecule has 1 fully saturated rings. The lowest BCUT2D eigenvalue weighted by Crippen LogP contribution is -2.41. The molecule has 0 spiro atoms. The summed E-state index contributed by atoms with van der Waals surface area (Å²) in [5.74, 6) is 0. The molecule has 4 nitrogen and oxygen atoms in total. The zero-order valence-electron chi connectivity index (χ0n) is 10.7. The Morgan fingerprint density at radius 1 is 1.25 bits per heavy atom. The van der Waals surface area contributed by atoms with Crippen molar-refractivity contribution in [3.05, 3.63) is 12.5 Å². The van der Waals surface area contributed by atoms with Crippen LogP contribution >= 0.6 is 0 Å². The van der Waals surface area contributed by atoms with Gasteiger partial charge in [-0.15, -0.1) is 0 Å². The molecule has 1 aliphatic rings. The van der Waals surface area contributed by atoms with Gasteiger partial charge in [0.05, 0.1) is 23.1 Å². The summed E-state index contributed by atoms with van der Waals surface area (Å²) in [5, 5.41) is 0. The molecule has 0 saturated carbocycles. The zero-order valence-corrected chi connectivity index (χ0v) is 10.7. The van der Waals surface area contributed by atoms with Gasteiger partial charge in [0.2, 0.25) is 0 Å². The zero-order chi connectivity index (χ0) is 12.0. The Bertz CT molecular complexity index is 371. The summed E-state index contributed by atoms with van der Waals surface area (Å²) in [7, 11) is -0.313. The molecule has 88 valence electrons. The second kappa shape index (κ2) is 3.60. The number of aromatic nitrogens is 2. The molecule has 2 heterocycles. The lowest BCUT2D eigenvalue weighted by molar-refractivity contribution is 0.00578. The minimum atomic E-state index is -0.313. The molecule has 2 rings (SSSR count). The van der Waals surface area contributed by atoms with Crippen LogP contribution in [-0.4, -0.2) is 27.9 Å². The molecule has 0 atom stereocenters. The van der Waals surface area contributed by atoms with Crippen molar-refractivity contribution >= 4 is 12.7 Å². The summed E-state index contributed by atoms with van der Waals surface area (Å²) in [6.07, 6.45) is 3.62. The standard InChI is InChI=1S/C11H19BN2O2/c1-6-14-8-13-7-9(14)12-15-10(2,3)11(4,5)16-12/h7-8H,6H2,1-5H3. The molecule has 0 radical (unpaired) electrons. The van der Waals surface area contributed by atoms with Crippen molar-refractivity contribution in [3.63, 3.8) is 0 Å². The van der Waals surface area contributed by atoms with E-state index < -0.39 is 0 Å². The van der Waals surface area contributed by atoms with Crippen LogP contribution < -0.4 is 5.59 Å². The van der Waals surface area contributed by atoms with Gasteiger partial charge in [-0.1, -0.05) is 0 Å². The highest BCUT2D eigenvalue weighted by atomic mass is 16.7. The Morgan fingerprint density at radius 2 is 1.81 bits per heavy atom. The Hall–Kier alpha value is -0.805. The van der Waals surface area contributed by atoms with Crippen molar-refractivity contribution in [1.29, 1.82) is 0 Å². The Morgan fingerprint density at radius 3 is 2.31 bits per heavy atom. The van der Waals surface area contributed by atoms with E-state index in [0.29, 0.717) is 0 Å². The molecule has 0 bridgehead atoms. The number of nitrogens with zero attached hydrogens (tertiary/aromatic N) is 2. The van der Waals surface area contributed by atoms with Gasteiger partial charge in [-0.25, -0.2) is 4.98 Å². The molecule has 1 aliphatic heterocycles. The fourth-order valence-electron chi connectivity index (χ4n) is 1.76. The summed E-state index contributed by atoms with van der Waals surface area (Å²) >= 11 is 0. The first-order chi connectivity index (χ1) is 7.37. The maximum absolute atomic E-state index is 5.97. The van der Waals surface area contributed by atoms with Gasteiger partial charge < -0.3 is 13.9 Å². The third-order valence-corrected chi connectivity index (χ3v) is 3.58. The third-order valence-electron chi connectivity index (χ3n) is 3.58. The SMILES string of the molecule is CCn1cncc1B1OC(C)(C)C(C)(C)O1. The summed E-state index contributed by atoms with van der Waals surface area (Å²) < 4.78 is 14.0. The normalized spacial score (nSPS) is 22.7. The summed E-state index contributed by atoms with van der Waals surface area (Å²) in [6, 6.07) is 0. The molecule has 0 amide bonds. The van der Waals surface area contributed by atoms with Crippen molar-refractivity contribution in [3.8, 4) is 0 Å². The van der Waals surface area contributed by atoms with E-state index in [9.17, 15) is 0 Å². The first kappa shape index (κ1) is 11.7. The van der Waals surface area contributed by atoms with Crippen molar-refractivity contribution in [2.45, 2.75) is 52.4 Å². The number of aryl methyl sites for hydroxylation is 1. The van der Waals surface area contributed by atoms with E-state index >= 15 is 0 Å². The molecule has 1 aromatic rings. The highest BCUT2D eigenvalue weighted by Crippen LogP contribution is 2.36. The molecular weight excluding hydrogens is 203 g/mol. The Kier molecular flexibility index (Phi) is 2.63. The van der Waals surface area contributed by atoms with E-state index in [2.05, 4.69) is 39.6 Å². The van der Waals surface area contributed by atoms with Gasteiger partial charge in [0, 0.05) is 12.7 Å². The highest BCUT2D eigenvalue weighted by Gasteiger charge is 2.52. The van der Waals surface area contributed by atoms with Gasteiger partial charge in [-0.2, -0.15) is 0 Å². The Labute approximate surface area is 97.1 Å². The average Bonchev–Trinajstić information content (AvgIpc) is 2.69. The van der Waals surface area contributed by atoms with Gasteiger partial charge in [0.1, 0.15) is 0 Å². The van der Waals surface area contributed by atoms with Crippen LogP contribution in [0.4, 0.5) is 0 Å². The fourth-order valence-corrected chi connectivity index (χ4v) is 1.76. The van der Waals surface area contributed by atoms with Gasteiger partial charge in [0.15, 0.2) is 0 Å². The van der Waals surface area contributed by atoms with Crippen molar-refractivity contribution in [1.82, 2.24) is 9.55 Å². The van der Waals surface area contributed by atoms with E-state index in [4.69, 9.17) is 9.31 Å². The minimum Gasteiger partial charge on any atom is -0.398 e. The quantitative estimate of drug-likeness (QED) is 0.705. The van der Waals surface area contributed by atoms with E-state index in [1.54, 1.807) is 6.33 Å². The molecule has 0 aliphatic carbocycles. The number of imidazole rings is 1. The predicted octanol–water partition coefficient (Wildman–Crippen LogP) is 1.20. The van der Waals surface area contributed by atoms with Crippen LogP contribution in [0.25, 0.3) is 0 Å². The molecule has 1 aromatic heterocycles. The van der Waals surface area contributed by atoms with E-state index in [0.717, 1.165) is 12.1 Å². The van der Waals surface area contributed by atoms with Crippen LogP contribution in [-0.2, 0) is 15.9 Å². The molecule has 5 heteroatoms. The minimum absolute atomic E-state index is 0.291. The van der Waals surface area contributed by atoms with Crippen LogP contribution in [0.15, 0.2) is 12.5 Å². The molecular formula is C11H19BN2O2. The maximum atomic E-state index is 5.97. The van der Waals surface area contributed by atoms with Crippen molar-refractivity contribution < 1.29 is 9.31 Å². The number of hydrogen-bond acceptors (Lipinski definition) is 3. The van der Waals surface area contributed by atoms with Crippen LogP contribution in [0, 0.1) is 0 Å². The lowest BCUT2D eigenvalue weighted by Gasteiger charge is -2.32.